The lowest BCUT2D eigenvalue weighted by atomic mass is 10.2. The first kappa shape index (κ1) is 13.4. The standard InChI is InChI=1S/C14H19N3O2/c1-10(8-13-5-4-6-19-13)15-14(18)9-17-12(3)7-11(2)16-17/h4-7,10H,8-9H2,1-3H3,(H,15,18)/t10-/m1/s1. The molecule has 1 atom stereocenters. The van der Waals surface area contributed by atoms with Gasteiger partial charge < -0.3 is 9.73 Å². The third-order valence-electron chi connectivity index (χ3n) is 2.89. The number of carbonyl (C=O) groups is 1. The Labute approximate surface area is 112 Å². The van der Waals surface area contributed by atoms with Crippen LogP contribution >= 0.6 is 0 Å². The van der Waals surface area contributed by atoms with Crippen LogP contribution in [0.2, 0.25) is 0 Å². The zero-order valence-electron chi connectivity index (χ0n) is 11.5. The molecule has 0 saturated heterocycles. The Bertz CT molecular complexity index is 543. The molecule has 0 spiro atoms. The number of furan rings is 1. The van der Waals surface area contributed by atoms with E-state index in [1.54, 1.807) is 10.9 Å². The minimum absolute atomic E-state index is 0.0368. The van der Waals surface area contributed by atoms with E-state index < -0.39 is 0 Å². The van der Waals surface area contributed by atoms with E-state index in [4.69, 9.17) is 4.42 Å². The van der Waals surface area contributed by atoms with E-state index in [-0.39, 0.29) is 18.5 Å². The van der Waals surface area contributed by atoms with E-state index in [2.05, 4.69) is 10.4 Å². The van der Waals surface area contributed by atoms with Crippen molar-refractivity contribution in [2.45, 2.75) is 39.8 Å². The van der Waals surface area contributed by atoms with Crippen LogP contribution in [0, 0.1) is 13.8 Å². The van der Waals surface area contributed by atoms with Crippen molar-refractivity contribution in [1.82, 2.24) is 15.1 Å². The summed E-state index contributed by atoms with van der Waals surface area (Å²) in [6.07, 6.45) is 2.33. The highest BCUT2D eigenvalue weighted by atomic mass is 16.3. The molecule has 5 heteroatoms. The zero-order chi connectivity index (χ0) is 13.8. The van der Waals surface area contributed by atoms with E-state index in [1.165, 1.54) is 0 Å². The van der Waals surface area contributed by atoms with Gasteiger partial charge in [-0.1, -0.05) is 0 Å². The molecule has 0 aliphatic rings. The minimum Gasteiger partial charge on any atom is -0.469 e. The van der Waals surface area contributed by atoms with Gasteiger partial charge in [0, 0.05) is 18.2 Å². The van der Waals surface area contributed by atoms with Crippen LogP contribution in [-0.4, -0.2) is 21.7 Å². The van der Waals surface area contributed by atoms with Gasteiger partial charge in [0.25, 0.3) is 0 Å². The van der Waals surface area contributed by atoms with Crippen molar-refractivity contribution in [1.29, 1.82) is 0 Å². The number of nitrogens with one attached hydrogen (secondary N) is 1. The maximum atomic E-state index is 11.9. The van der Waals surface area contributed by atoms with E-state index in [1.807, 2.05) is 39.0 Å². The fraction of sp³-hybridized carbons (Fsp3) is 0.429. The summed E-state index contributed by atoms with van der Waals surface area (Å²) in [5.41, 5.74) is 1.92. The number of aromatic nitrogens is 2. The van der Waals surface area contributed by atoms with Crippen LogP contribution in [0.4, 0.5) is 0 Å². The molecule has 0 radical (unpaired) electrons. The first-order chi connectivity index (χ1) is 9.04. The summed E-state index contributed by atoms with van der Waals surface area (Å²) in [5.74, 6) is 0.837. The van der Waals surface area contributed by atoms with E-state index in [9.17, 15) is 4.79 Å². The lowest BCUT2D eigenvalue weighted by Crippen LogP contribution is -2.36. The Morgan fingerprint density at radius 3 is 2.89 bits per heavy atom. The average Bonchev–Trinajstić information content (AvgIpc) is 2.89. The SMILES string of the molecule is Cc1cc(C)n(CC(=O)N[C@H](C)Cc2ccco2)n1. The summed E-state index contributed by atoms with van der Waals surface area (Å²) in [6.45, 7) is 6.07. The fourth-order valence-electron chi connectivity index (χ4n) is 2.07. The second-order valence-electron chi connectivity index (χ2n) is 4.84. The Morgan fingerprint density at radius 1 is 1.53 bits per heavy atom. The molecule has 0 aromatic carbocycles. The van der Waals surface area contributed by atoms with Crippen LogP contribution in [0.3, 0.4) is 0 Å². The zero-order valence-corrected chi connectivity index (χ0v) is 11.5. The smallest absolute Gasteiger partial charge is 0.241 e. The van der Waals surface area contributed by atoms with Crippen molar-refractivity contribution in [3.05, 3.63) is 41.6 Å². The normalized spacial score (nSPS) is 12.4. The summed E-state index contributed by atoms with van der Waals surface area (Å²) < 4.78 is 6.97. The summed E-state index contributed by atoms with van der Waals surface area (Å²) in [6, 6.07) is 5.75. The molecule has 1 N–H and O–H groups in total. The third-order valence-corrected chi connectivity index (χ3v) is 2.89. The summed E-state index contributed by atoms with van der Waals surface area (Å²) in [7, 11) is 0. The molecule has 0 bridgehead atoms. The molecule has 0 saturated carbocycles. The van der Waals surface area contributed by atoms with Crippen molar-refractivity contribution in [2.75, 3.05) is 0 Å². The first-order valence-electron chi connectivity index (χ1n) is 6.37. The van der Waals surface area contributed by atoms with Gasteiger partial charge >= 0.3 is 0 Å². The average molecular weight is 261 g/mol. The quantitative estimate of drug-likeness (QED) is 0.893. The van der Waals surface area contributed by atoms with Crippen molar-refractivity contribution in [3.63, 3.8) is 0 Å². The number of hydrogen-bond acceptors (Lipinski definition) is 3. The first-order valence-corrected chi connectivity index (χ1v) is 6.37. The predicted octanol–water partition coefficient (Wildman–Crippen LogP) is 1.84. The maximum Gasteiger partial charge on any atom is 0.241 e. The molecule has 0 aliphatic carbocycles. The largest absolute Gasteiger partial charge is 0.469 e. The molecule has 102 valence electrons. The van der Waals surface area contributed by atoms with Gasteiger partial charge in [0.1, 0.15) is 12.3 Å². The van der Waals surface area contributed by atoms with Crippen LogP contribution in [0.5, 0.6) is 0 Å². The van der Waals surface area contributed by atoms with Gasteiger partial charge in [0.2, 0.25) is 5.91 Å². The van der Waals surface area contributed by atoms with Gasteiger partial charge in [-0.05, 0) is 39.0 Å². The van der Waals surface area contributed by atoms with Crippen molar-refractivity contribution >= 4 is 5.91 Å². The molecule has 2 aromatic heterocycles. The highest BCUT2D eigenvalue weighted by molar-refractivity contribution is 5.76. The number of carbonyl (C=O) groups excluding carboxylic acids is 1. The summed E-state index contributed by atoms with van der Waals surface area (Å²) >= 11 is 0. The highest BCUT2D eigenvalue weighted by Gasteiger charge is 2.11. The summed E-state index contributed by atoms with van der Waals surface area (Å²) in [4.78, 5) is 11.9. The Hall–Kier alpha value is -2.04. The molecule has 0 unspecified atom stereocenters. The van der Waals surface area contributed by atoms with Gasteiger partial charge in [0.05, 0.1) is 12.0 Å². The van der Waals surface area contributed by atoms with E-state index >= 15 is 0 Å². The molecule has 2 heterocycles. The molecular formula is C14H19N3O2. The number of hydrogen-bond donors (Lipinski definition) is 1. The van der Waals surface area contributed by atoms with Gasteiger partial charge in [-0.2, -0.15) is 5.10 Å². The second kappa shape index (κ2) is 5.73. The number of aryl methyl sites for hydroxylation is 2. The third kappa shape index (κ3) is 3.71. The van der Waals surface area contributed by atoms with Crippen LogP contribution in [0.1, 0.15) is 24.1 Å². The predicted molar refractivity (Wildman–Crippen MR) is 71.7 cm³/mol. The summed E-state index contributed by atoms with van der Waals surface area (Å²) in [5, 5.41) is 7.21. The molecular weight excluding hydrogens is 242 g/mol. The lowest BCUT2D eigenvalue weighted by molar-refractivity contribution is -0.122. The fourth-order valence-corrected chi connectivity index (χ4v) is 2.07. The monoisotopic (exact) mass is 261 g/mol. The molecule has 19 heavy (non-hydrogen) atoms. The number of rotatable bonds is 5. The van der Waals surface area contributed by atoms with Crippen LogP contribution < -0.4 is 5.32 Å². The highest BCUT2D eigenvalue weighted by Crippen LogP contribution is 2.04. The maximum absolute atomic E-state index is 11.9. The van der Waals surface area contributed by atoms with Gasteiger partial charge in [0.15, 0.2) is 0 Å². The number of amides is 1. The number of nitrogens with zero attached hydrogens (tertiary/aromatic N) is 2. The van der Waals surface area contributed by atoms with E-state index in [0.717, 1.165) is 17.1 Å². The Kier molecular flexibility index (Phi) is 4.04. The van der Waals surface area contributed by atoms with Crippen molar-refractivity contribution in [2.24, 2.45) is 0 Å². The lowest BCUT2D eigenvalue weighted by Gasteiger charge is -2.13. The molecule has 2 rings (SSSR count). The van der Waals surface area contributed by atoms with Gasteiger partial charge in [-0.15, -0.1) is 0 Å². The van der Waals surface area contributed by atoms with E-state index in [0.29, 0.717) is 6.42 Å². The second-order valence-corrected chi connectivity index (χ2v) is 4.84. The minimum atomic E-state index is -0.0368. The van der Waals surface area contributed by atoms with Crippen LogP contribution in [0.15, 0.2) is 28.9 Å². The molecule has 0 fully saturated rings. The molecule has 1 amide bonds. The molecule has 2 aromatic rings. The molecule has 5 nitrogen and oxygen atoms in total. The van der Waals surface area contributed by atoms with Crippen molar-refractivity contribution < 1.29 is 9.21 Å². The molecule has 0 aliphatic heterocycles. The van der Waals surface area contributed by atoms with Crippen LogP contribution in [0.25, 0.3) is 0 Å². The Balaban J connectivity index is 1.85. The van der Waals surface area contributed by atoms with Gasteiger partial charge in [-0.25, -0.2) is 0 Å². The Morgan fingerprint density at radius 2 is 2.32 bits per heavy atom. The van der Waals surface area contributed by atoms with Crippen LogP contribution in [-0.2, 0) is 17.8 Å². The van der Waals surface area contributed by atoms with Crippen molar-refractivity contribution in [3.8, 4) is 0 Å². The van der Waals surface area contributed by atoms with Gasteiger partial charge in [-0.3, -0.25) is 9.48 Å². The topological polar surface area (TPSA) is 60.1 Å².